The Morgan fingerprint density at radius 2 is 2.07 bits per heavy atom. The lowest BCUT2D eigenvalue weighted by Crippen LogP contribution is -2.12. The highest BCUT2D eigenvalue weighted by Gasteiger charge is 2.23. The average molecular weight is 192 g/mol. The van der Waals surface area contributed by atoms with E-state index in [0.29, 0.717) is 5.92 Å². The molecule has 0 aromatic carbocycles. The molecule has 0 unspecified atom stereocenters. The van der Waals surface area contributed by atoms with Gasteiger partial charge in [-0.1, -0.05) is 19.8 Å². The van der Waals surface area contributed by atoms with E-state index in [1.165, 1.54) is 44.3 Å². The van der Waals surface area contributed by atoms with E-state index in [9.17, 15) is 0 Å². The fourth-order valence-corrected chi connectivity index (χ4v) is 2.67. The third kappa shape index (κ3) is 2.20. The summed E-state index contributed by atoms with van der Waals surface area (Å²) >= 11 is 0. The predicted octanol–water partition coefficient (Wildman–Crippen LogP) is 4.35. The average Bonchev–Trinajstić information content (AvgIpc) is 2.72. The van der Waals surface area contributed by atoms with Crippen LogP contribution in [-0.2, 0) is 0 Å². The van der Waals surface area contributed by atoms with E-state index in [1.54, 1.807) is 6.26 Å². The number of rotatable bonds is 3. The standard InChI is InChI=1S/C13H20O/c1-2-4-11-6-8-12(9-7-11)13-5-3-10-14-13/h3,5,10-12H,2,4,6-9H2,1H3/t11-,12-. The summed E-state index contributed by atoms with van der Waals surface area (Å²) in [5.41, 5.74) is 0. The molecule has 1 heterocycles. The van der Waals surface area contributed by atoms with Gasteiger partial charge in [0, 0.05) is 5.92 Å². The molecule has 0 bridgehead atoms. The zero-order valence-electron chi connectivity index (χ0n) is 9.04. The van der Waals surface area contributed by atoms with Gasteiger partial charge in [-0.25, -0.2) is 0 Å². The number of hydrogen-bond donors (Lipinski definition) is 0. The van der Waals surface area contributed by atoms with Gasteiger partial charge in [-0.2, -0.15) is 0 Å². The van der Waals surface area contributed by atoms with Crippen LogP contribution in [0.5, 0.6) is 0 Å². The lowest BCUT2D eigenvalue weighted by Gasteiger charge is -2.26. The van der Waals surface area contributed by atoms with E-state index < -0.39 is 0 Å². The van der Waals surface area contributed by atoms with Crippen LogP contribution in [0.3, 0.4) is 0 Å². The maximum Gasteiger partial charge on any atom is 0.106 e. The fourth-order valence-electron chi connectivity index (χ4n) is 2.67. The van der Waals surface area contributed by atoms with Crippen molar-refractivity contribution < 1.29 is 4.42 Å². The second kappa shape index (κ2) is 4.68. The molecule has 1 aromatic rings. The van der Waals surface area contributed by atoms with Crippen LogP contribution in [0.25, 0.3) is 0 Å². The molecule has 78 valence electrons. The van der Waals surface area contributed by atoms with Crippen molar-refractivity contribution in [2.24, 2.45) is 5.92 Å². The summed E-state index contributed by atoms with van der Waals surface area (Å²) in [5.74, 6) is 2.91. The first-order chi connectivity index (χ1) is 6.90. The van der Waals surface area contributed by atoms with Crippen LogP contribution in [0.15, 0.2) is 22.8 Å². The van der Waals surface area contributed by atoms with Crippen LogP contribution in [0, 0.1) is 5.92 Å². The molecule has 0 radical (unpaired) electrons. The first-order valence-corrected chi connectivity index (χ1v) is 5.93. The van der Waals surface area contributed by atoms with Gasteiger partial charge in [0.05, 0.1) is 6.26 Å². The molecule has 2 rings (SSSR count). The molecule has 0 aliphatic heterocycles. The van der Waals surface area contributed by atoms with Gasteiger partial charge >= 0.3 is 0 Å². The largest absolute Gasteiger partial charge is 0.469 e. The highest BCUT2D eigenvalue weighted by Crippen LogP contribution is 2.37. The van der Waals surface area contributed by atoms with Crippen molar-refractivity contribution in [3.8, 4) is 0 Å². The highest BCUT2D eigenvalue weighted by atomic mass is 16.3. The Bertz CT molecular complexity index is 242. The van der Waals surface area contributed by atoms with E-state index in [1.807, 2.05) is 6.07 Å². The molecule has 0 spiro atoms. The third-order valence-electron chi connectivity index (χ3n) is 3.49. The molecule has 0 atom stereocenters. The molecule has 1 fully saturated rings. The Kier molecular flexibility index (Phi) is 3.28. The normalized spacial score (nSPS) is 27.8. The second-order valence-electron chi connectivity index (χ2n) is 4.52. The minimum Gasteiger partial charge on any atom is -0.469 e. The molecule has 1 aliphatic rings. The van der Waals surface area contributed by atoms with Crippen LogP contribution >= 0.6 is 0 Å². The molecule has 0 saturated heterocycles. The van der Waals surface area contributed by atoms with Crippen molar-refractivity contribution in [1.29, 1.82) is 0 Å². The maximum atomic E-state index is 5.47. The van der Waals surface area contributed by atoms with Crippen LogP contribution in [0.2, 0.25) is 0 Å². The quantitative estimate of drug-likeness (QED) is 0.693. The van der Waals surface area contributed by atoms with E-state index in [0.717, 1.165) is 5.92 Å². The molecule has 1 aliphatic carbocycles. The van der Waals surface area contributed by atoms with E-state index in [4.69, 9.17) is 4.42 Å². The highest BCUT2D eigenvalue weighted by molar-refractivity contribution is 5.06. The Hall–Kier alpha value is -0.720. The molecule has 1 nitrogen and oxygen atoms in total. The molecule has 14 heavy (non-hydrogen) atoms. The van der Waals surface area contributed by atoms with Gasteiger partial charge in [-0.05, 0) is 43.7 Å². The van der Waals surface area contributed by atoms with E-state index in [-0.39, 0.29) is 0 Å². The molecule has 1 aromatic heterocycles. The summed E-state index contributed by atoms with van der Waals surface area (Å²) < 4.78 is 5.47. The number of furan rings is 1. The van der Waals surface area contributed by atoms with Crippen molar-refractivity contribution in [2.45, 2.75) is 51.4 Å². The van der Waals surface area contributed by atoms with Crippen LogP contribution in [-0.4, -0.2) is 0 Å². The van der Waals surface area contributed by atoms with Crippen LogP contribution in [0.1, 0.15) is 57.1 Å². The van der Waals surface area contributed by atoms with Gasteiger partial charge in [0.15, 0.2) is 0 Å². The molecular formula is C13H20O. The zero-order chi connectivity index (χ0) is 9.80. The minimum atomic E-state index is 0.707. The minimum absolute atomic E-state index is 0.707. The Labute approximate surface area is 86.5 Å². The van der Waals surface area contributed by atoms with Crippen LogP contribution < -0.4 is 0 Å². The first-order valence-electron chi connectivity index (χ1n) is 5.93. The van der Waals surface area contributed by atoms with Gasteiger partial charge in [-0.3, -0.25) is 0 Å². The molecule has 1 saturated carbocycles. The lowest BCUT2D eigenvalue weighted by atomic mass is 9.79. The van der Waals surface area contributed by atoms with Gasteiger partial charge in [0.1, 0.15) is 5.76 Å². The molecule has 0 N–H and O–H groups in total. The van der Waals surface area contributed by atoms with Gasteiger partial charge in [0.2, 0.25) is 0 Å². The summed E-state index contributed by atoms with van der Waals surface area (Å²) in [5, 5.41) is 0. The first kappa shape index (κ1) is 9.82. The molecular weight excluding hydrogens is 172 g/mol. The predicted molar refractivity (Wildman–Crippen MR) is 58.3 cm³/mol. The maximum absolute atomic E-state index is 5.47. The van der Waals surface area contributed by atoms with Crippen molar-refractivity contribution in [3.63, 3.8) is 0 Å². The summed E-state index contributed by atoms with van der Waals surface area (Å²) in [4.78, 5) is 0. The van der Waals surface area contributed by atoms with Crippen LogP contribution in [0.4, 0.5) is 0 Å². The Morgan fingerprint density at radius 1 is 1.29 bits per heavy atom. The molecule has 0 amide bonds. The monoisotopic (exact) mass is 192 g/mol. The van der Waals surface area contributed by atoms with Gasteiger partial charge in [0.25, 0.3) is 0 Å². The van der Waals surface area contributed by atoms with E-state index in [2.05, 4.69) is 13.0 Å². The zero-order valence-corrected chi connectivity index (χ0v) is 9.04. The second-order valence-corrected chi connectivity index (χ2v) is 4.52. The lowest BCUT2D eigenvalue weighted by molar-refractivity contribution is 0.285. The van der Waals surface area contributed by atoms with E-state index >= 15 is 0 Å². The summed E-state index contributed by atoms with van der Waals surface area (Å²) in [6.07, 6.45) is 10.0. The Balaban J connectivity index is 1.84. The van der Waals surface area contributed by atoms with Crippen molar-refractivity contribution in [3.05, 3.63) is 24.2 Å². The fraction of sp³-hybridized carbons (Fsp3) is 0.692. The SMILES string of the molecule is CCC[C@H]1CC[C@H](c2ccco2)CC1. The summed E-state index contributed by atoms with van der Waals surface area (Å²) in [7, 11) is 0. The van der Waals surface area contributed by atoms with Crippen molar-refractivity contribution in [2.75, 3.05) is 0 Å². The van der Waals surface area contributed by atoms with Crippen molar-refractivity contribution >= 4 is 0 Å². The van der Waals surface area contributed by atoms with Crippen molar-refractivity contribution in [1.82, 2.24) is 0 Å². The third-order valence-corrected chi connectivity index (χ3v) is 3.49. The van der Waals surface area contributed by atoms with Gasteiger partial charge in [-0.15, -0.1) is 0 Å². The summed E-state index contributed by atoms with van der Waals surface area (Å²) in [6.45, 7) is 2.29. The van der Waals surface area contributed by atoms with Gasteiger partial charge < -0.3 is 4.42 Å². The summed E-state index contributed by atoms with van der Waals surface area (Å²) in [6, 6.07) is 4.14. The smallest absolute Gasteiger partial charge is 0.106 e. The number of hydrogen-bond acceptors (Lipinski definition) is 1. The topological polar surface area (TPSA) is 13.1 Å². The molecule has 1 heteroatoms. The Morgan fingerprint density at radius 3 is 2.64 bits per heavy atom.